The molecule has 0 aromatic carbocycles. The van der Waals surface area contributed by atoms with Crippen LogP contribution in [0.2, 0.25) is 0 Å². The van der Waals surface area contributed by atoms with Gasteiger partial charge in [0.25, 0.3) is 0 Å². The summed E-state index contributed by atoms with van der Waals surface area (Å²) in [4.78, 5) is 0. The fraction of sp³-hybridized carbons (Fsp3) is 1.00. The van der Waals surface area contributed by atoms with E-state index in [1.54, 1.807) is 0 Å². The highest BCUT2D eigenvalue weighted by Gasteiger charge is 2.13. The van der Waals surface area contributed by atoms with Crippen molar-refractivity contribution in [2.24, 2.45) is 11.5 Å². The molecule has 3 nitrogen and oxygen atoms in total. The van der Waals surface area contributed by atoms with Crippen LogP contribution < -0.4 is 11.5 Å². The summed E-state index contributed by atoms with van der Waals surface area (Å²) in [6.45, 7) is 3.05. The van der Waals surface area contributed by atoms with Gasteiger partial charge in [0.05, 0.1) is 6.10 Å². The Bertz CT molecular complexity index is 200. The number of aliphatic hydroxyl groups excluding tert-OH is 1. The van der Waals surface area contributed by atoms with Crippen LogP contribution >= 0.6 is 0 Å². The molecule has 0 aromatic heterocycles. The maximum Gasteiger partial charge on any atom is 0.0691 e. The highest BCUT2D eigenvalue weighted by atomic mass is 16.3. The maximum absolute atomic E-state index is 10.1. The summed E-state index contributed by atoms with van der Waals surface area (Å²) in [5, 5.41) is 10.1. The highest BCUT2D eigenvalue weighted by molar-refractivity contribution is 4.71. The minimum Gasteiger partial charge on any atom is -0.392 e. The molecule has 2 atom stereocenters. The van der Waals surface area contributed by atoms with Gasteiger partial charge in [0.2, 0.25) is 0 Å². The van der Waals surface area contributed by atoms with E-state index in [9.17, 15) is 5.11 Å². The number of rotatable bonds is 16. The van der Waals surface area contributed by atoms with E-state index in [1.807, 2.05) is 0 Å². The zero-order valence-electron chi connectivity index (χ0n) is 14.4. The third-order valence-corrected chi connectivity index (χ3v) is 4.34. The monoisotopic (exact) mass is 300 g/mol. The van der Waals surface area contributed by atoms with Gasteiger partial charge in [-0.3, -0.25) is 0 Å². The molecule has 128 valence electrons. The van der Waals surface area contributed by atoms with Gasteiger partial charge in [-0.05, 0) is 25.8 Å². The van der Waals surface area contributed by atoms with Gasteiger partial charge < -0.3 is 16.6 Å². The molecule has 0 saturated heterocycles. The number of hydrogen-bond donors (Lipinski definition) is 3. The SMILES string of the molecule is CCCCCCCCC(N)C(O)CCCCCCCCN. The van der Waals surface area contributed by atoms with Gasteiger partial charge >= 0.3 is 0 Å². The third kappa shape index (κ3) is 14.6. The molecule has 0 aliphatic carbocycles. The first-order chi connectivity index (χ1) is 10.2. The number of hydrogen-bond acceptors (Lipinski definition) is 3. The molecular weight excluding hydrogens is 260 g/mol. The largest absolute Gasteiger partial charge is 0.392 e. The summed E-state index contributed by atoms with van der Waals surface area (Å²) >= 11 is 0. The van der Waals surface area contributed by atoms with E-state index in [1.165, 1.54) is 64.2 Å². The van der Waals surface area contributed by atoms with Crippen LogP contribution in [0.15, 0.2) is 0 Å². The smallest absolute Gasteiger partial charge is 0.0691 e. The van der Waals surface area contributed by atoms with Crippen LogP contribution in [0, 0.1) is 0 Å². The van der Waals surface area contributed by atoms with Gasteiger partial charge in [0.1, 0.15) is 0 Å². The molecule has 0 amide bonds. The summed E-state index contributed by atoms with van der Waals surface area (Å²) in [6, 6.07) is -0.0200. The highest BCUT2D eigenvalue weighted by Crippen LogP contribution is 2.13. The van der Waals surface area contributed by atoms with Crippen molar-refractivity contribution in [1.82, 2.24) is 0 Å². The molecule has 0 aliphatic heterocycles. The van der Waals surface area contributed by atoms with E-state index in [0.29, 0.717) is 0 Å². The standard InChI is InChI=1S/C18H40N2O/c1-2-3-4-5-8-11-14-17(20)18(21)15-12-9-6-7-10-13-16-19/h17-18,21H,2-16,19-20H2,1H3. The van der Waals surface area contributed by atoms with Crippen molar-refractivity contribution in [3.63, 3.8) is 0 Å². The first-order valence-corrected chi connectivity index (χ1v) is 9.36. The lowest BCUT2D eigenvalue weighted by atomic mass is 9.98. The molecule has 3 heteroatoms. The maximum atomic E-state index is 10.1. The Morgan fingerprint density at radius 3 is 1.76 bits per heavy atom. The zero-order chi connectivity index (χ0) is 15.8. The van der Waals surface area contributed by atoms with Crippen molar-refractivity contribution in [2.75, 3.05) is 6.54 Å². The van der Waals surface area contributed by atoms with Crippen molar-refractivity contribution < 1.29 is 5.11 Å². The normalized spacial score (nSPS) is 14.3. The molecule has 0 bridgehead atoms. The number of aliphatic hydroxyl groups is 1. The summed E-state index contributed by atoms with van der Waals surface area (Å²) in [5.74, 6) is 0. The molecule has 0 saturated carbocycles. The summed E-state index contributed by atoms with van der Waals surface area (Å²) in [7, 11) is 0. The topological polar surface area (TPSA) is 72.3 Å². The molecule has 0 aliphatic rings. The molecule has 0 radical (unpaired) electrons. The van der Waals surface area contributed by atoms with Crippen molar-refractivity contribution >= 4 is 0 Å². The molecular formula is C18H40N2O. The molecule has 0 heterocycles. The first-order valence-electron chi connectivity index (χ1n) is 9.36. The molecule has 0 rings (SSSR count). The van der Waals surface area contributed by atoms with E-state index in [0.717, 1.165) is 32.2 Å². The Hall–Kier alpha value is -0.120. The molecule has 0 spiro atoms. The van der Waals surface area contributed by atoms with Crippen molar-refractivity contribution in [2.45, 2.75) is 109 Å². The lowest BCUT2D eigenvalue weighted by molar-refractivity contribution is 0.126. The third-order valence-electron chi connectivity index (χ3n) is 4.34. The molecule has 2 unspecified atom stereocenters. The predicted octanol–water partition coefficient (Wildman–Crippen LogP) is 4.11. The Kier molecular flexibility index (Phi) is 16.2. The second-order valence-electron chi connectivity index (χ2n) is 6.49. The quantitative estimate of drug-likeness (QED) is 0.375. The predicted molar refractivity (Wildman–Crippen MR) is 93.3 cm³/mol. The van der Waals surface area contributed by atoms with E-state index >= 15 is 0 Å². The summed E-state index contributed by atoms with van der Waals surface area (Å²) in [5.41, 5.74) is 11.5. The van der Waals surface area contributed by atoms with Crippen LogP contribution in [0.25, 0.3) is 0 Å². The summed E-state index contributed by atoms with van der Waals surface area (Å²) in [6.07, 6.45) is 16.5. The van der Waals surface area contributed by atoms with Gasteiger partial charge in [-0.2, -0.15) is 0 Å². The number of unbranched alkanes of at least 4 members (excludes halogenated alkanes) is 10. The van der Waals surface area contributed by atoms with Crippen LogP contribution in [0.4, 0.5) is 0 Å². The second-order valence-corrected chi connectivity index (χ2v) is 6.49. The van der Waals surface area contributed by atoms with Crippen molar-refractivity contribution in [1.29, 1.82) is 0 Å². The van der Waals surface area contributed by atoms with E-state index in [4.69, 9.17) is 11.5 Å². The average Bonchev–Trinajstić information content (AvgIpc) is 2.49. The Morgan fingerprint density at radius 2 is 1.19 bits per heavy atom. The van der Waals surface area contributed by atoms with E-state index < -0.39 is 0 Å². The molecule has 21 heavy (non-hydrogen) atoms. The van der Waals surface area contributed by atoms with Crippen LogP contribution in [0.5, 0.6) is 0 Å². The van der Waals surface area contributed by atoms with Gasteiger partial charge in [0, 0.05) is 6.04 Å². The minimum atomic E-state index is -0.301. The van der Waals surface area contributed by atoms with Crippen LogP contribution in [-0.2, 0) is 0 Å². The molecule has 0 fully saturated rings. The molecule has 5 N–H and O–H groups in total. The van der Waals surface area contributed by atoms with Crippen LogP contribution in [0.3, 0.4) is 0 Å². The van der Waals surface area contributed by atoms with Crippen molar-refractivity contribution in [3.05, 3.63) is 0 Å². The van der Waals surface area contributed by atoms with Gasteiger partial charge in [-0.15, -0.1) is 0 Å². The minimum absolute atomic E-state index is 0.0200. The van der Waals surface area contributed by atoms with Gasteiger partial charge in [0.15, 0.2) is 0 Å². The lowest BCUT2D eigenvalue weighted by Gasteiger charge is -2.18. The average molecular weight is 301 g/mol. The van der Waals surface area contributed by atoms with Gasteiger partial charge in [-0.25, -0.2) is 0 Å². The zero-order valence-corrected chi connectivity index (χ0v) is 14.4. The second kappa shape index (κ2) is 16.3. The lowest BCUT2D eigenvalue weighted by Crippen LogP contribution is -2.34. The Labute approximate surface area is 132 Å². The Morgan fingerprint density at radius 1 is 0.714 bits per heavy atom. The number of nitrogens with two attached hydrogens (primary N) is 2. The van der Waals surface area contributed by atoms with Gasteiger partial charge in [-0.1, -0.05) is 77.6 Å². The fourth-order valence-corrected chi connectivity index (χ4v) is 2.77. The first kappa shape index (κ1) is 20.9. The van der Waals surface area contributed by atoms with E-state index in [2.05, 4.69) is 6.92 Å². The van der Waals surface area contributed by atoms with Crippen molar-refractivity contribution in [3.8, 4) is 0 Å². The fourth-order valence-electron chi connectivity index (χ4n) is 2.77. The van der Waals surface area contributed by atoms with Crippen LogP contribution in [-0.4, -0.2) is 23.8 Å². The summed E-state index contributed by atoms with van der Waals surface area (Å²) < 4.78 is 0. The molecule has 0 aromatic rings. The Balaban J connectivity index is 3.34. The van der Waals surface area contributed by atoms with E-state index in [-0.39, 0.29) is 12.1 Å². The van der Waals surface area contributed by atoms with Crippen LogP contribution in [0.1, 0.15) is 96.8 Å².